The van der Waals surface area contributed by atoms with Gasteiger partial charge in [-0.2, -0.15) is 0 Å². The molecular formula is C24H24N2O3S2. The van der Waals surface area contributed by atoms with Crippen LogP contribution >= 0.6 is 22.7 Å². The fraction of sp³-hybridized carbons (Fsp3) is 0.292. The molecule has 0 radical (unpaired) electrons. The van der Waals surface area contributed by atoms with Gasteiger partial charge in [0.25, 0.3) is 5.56 Å². The molecule has 4 rings (SSSR count). The maximum Gasteiger partial charge on any atom is 0.338 e. The molecule has 7 heteroatoms. The number of aromatic nitrogens is 1. The normalized spacial score (nSPS) is 16.8. The fourth-order valence-corrected chi connectivity index (χ4v) is 5.45. The second-order valence-electron chi connectivity index (χ2n) is 8.46. The Hall–Kier alpha value is -2.77. The number of ether oxygens (including phenoxy) is 1. The Bertz CT molecular complexity index is 1340. The van der Waals surface area contributed by atoms with E-state index in [-0.39, 0.29) is 11.0 Å². The van der Waals surface area contributed by atoms with E-state index in [1.807, 2.05) is 35.7 Å². The van der Waals surface area contributed by atoms with Gasteiger partial charge < -0.3 is 4.74 Å². The Morgan fingerprint density at radius 3 is 2.48 bits per heavy atom. The maximum absolute atomic E-state index is 13.4. The summed E-state index contributed by atoms with van der Waals surface area (Å²) >= 11 is 2.91. The van der Waals surface area contributed by atoms with Crippen LogP contribution in [0.5, 0.6) is 0 Å². The molecule has 0 saturated carbocycles. The zero-order valence-electron chi connectivity index (χ0n) is 18.1. The highest BCUT2D eigenvalue weighted by Gasteiger charge is 2.33. The monoisotopic (exact) mass is 452 g/mol. The Labute approximate surface area is 188 Å². The summed E-state index contributed by atoms with van der Waals surface area (Å²) in [7, 11) is 1.35. The summed E-state index contributed by atoms with van der Waals surface area (Å²) < 4.78 is 7.28. The first-order valence-corrected chi connectivity index (χ1v) is 11.6. The molecule has 0 N–H and O–H groups in total. The van der Waals surface area contributed by atoms with Gasteiger partial charge in [0.1, 0.15) is 0 Å². The summed E-state index contributed by atoms with van der Waals surface area (Å²) in [6.07, 6.45) is 1.88. The molecule has 0 fully saturated rings. The second kappa shape index (κ2) is 8.05. The van der Waals surface area contributed by atoms with Crippen molar-refractivity contribution in [2.75, 3.05) is 7.11 Å². The van der Waals surface area contributed by atoms with Gasteiger partial charge in [-0.1, -0.05) is 62.4 Å². The number of fused-ring (bicyclic) bond motifs is 1. The highest BCUT2D eigenvalue weighted by Crippen LogP contribution is 2.32. The average Bonchev–Trinajstić information content (AvgIpc) is 3.34. The first kappa shape index (κ1) is 21.5. The molecule has 160 valence electrons. The lowest BCUT2D eigenvalue weighted by Gasteiger charge is -2.25. The number of hydrogen-bond acceptors (Lipinski definition) is 6. The van der Waals surface area contributed by atoms with Gasteiger partial charge in [-0.25, -0.2) is 9.79 Å². The van der Waals surface area contributed by atoms with Crippen LogP contribution in [0, 0.1) is 0 Å². The summed E-state index contributed by atoms with van der Waals surface area (Å²) in [6.45, 7) is 8.25. The molecule has 3 aromatic rings. The number of nitrogens with zero attached hydrogens (tertiary/aromatic N) is 2. The molecular weight excluding hydrogens is 428 g/mol. The number of thiophene rings is 1. The van der Waals surface area contributed by atoms with Crippen molar-refractivity contribution < 1.29 is 9.53 Å². The van der Waals surface area contributed by atoms with Crippen molar-refractivity contribution in [3.63, 3.8) is 0 Å². The number of rotatable bonds is 3. The number of benzene rings is 1. The minimum absolute atomic E-state index is 0.00454. The van der Waals surface area contributed by atoms with E-state index in [9.17, 15) is 9.59 Å². The molecule has 2 aromatic heterocycles. The topological polar surface area (TPSA) is 60.7 Å². The van der Waals surface area contributed by atoms with Gasteiger partial charge in [-0.3, -0.25) is 9.36 Å². The molecule has 0 aliphatic carbocycles. The van der Waals surface area contributed by atoms with E-state index >= 15 is 0 Å². The number of thiazole rings is 1. The van der Waals surface area contributed by atoms with Crippen molar-refractivity contribution in [1.82, 2.24) is 4.57 Å². The smallest absolute Gasteiger partial charge is 0.338 e. The van der Waals surface area contributed by atoms with Crippen LogP contribution in [0.25, 0.3) is 6.08 Å². The van der Waals surface area contributed by atoms with Crippen LogP contribution in [0.1, 0.15) is 49.7 Å². The zero-order chi connectivity index (χ0) is 22.3. The largest absolute Gasteiger partial charge is 0.466 e. The van der Waals surface area contributed by atoms with Crippen molar-refractivity contribution in [3.05, 3.63) is 88.7 Å². The standard InChI is InChI=1S/C24H24N2O3S2/c1-14-19(22(28)29-5)20(15-8-10-16(11-9-15)24(2,3)4)26-21(27)18(31-23(26)25-14)13-17-7-6-12-30-17/h6-13,20H,1-5H3/b18-13-. The van der Waals surface area contributed by atoms with Gasteiger partial charge in [-0.15, -0.1) is 11.3 Å². The number of carbonyl (C=O) groups is 1. The molecule has 1 aromatic carbocycles. The highest BCUT2D eigenvalue weighted by atomic mass is 32.1. The predicted octanol–water partition coefficient (Wildman–Crippen LogP) is 3.77. The number of hydrogen-bond donors (Lipinski definition) is 0. The maximum atomic E-state index is 13.4. The number of methoxy groups -OCH3 is 1. The predicted molar refractivity (Wildman–Crippen MR) is 125 cm³/mol. The average molecular weight is 453 g/mol. The van der Waals surface area contributed by atoms with Gasteiger partial charge in [0.2, 0.25) is 0 Å². The van der Waals surface area contributed by atoms with Gasteiger partial charge in [0.15, 0.2) is 4.80 Å². The Morgan fingerprint density at radius 2 is 1.90 bits per heavy atom. The minimum Gasteiger partial charge on any atom is -0.466 e. The molecule has 31 heavy (non-hydrogen) atoms. The lowest BCUT2D eigenvalue weighted by atomic mass is 9.85. The molecule has 0 amide bonds. The van der Waals surface area contributed by atoms with E-state index in [1.165, 1.54) is 24.0 Å². The number of esters is 1. The van der Waals surface area contributed by atoms with Gasteiger partial charge in [-0.05, 0) is 41.0 Å². The van der Waals surface area contributed by atoms with Crippen LogP contribution < -0.4 is 14.9 Å². The lowest BCUT2D eigenvalue weighted by molar-refractivity contribution is -0.136. The first-order valence-electron chi connectivity index (χ1n) is 9.95. The number of carbonyl (C=O) groups excluding carboxylic acids is 1. The Balaban J connectivity index is 1.95. The quantitative estimate of drug-likeness (QED) is 0.569. The fourth-order valence-electron chi connectivity index (χ4n) is 3.68. The zero-order valence-corrected chi connectivity index (χ0v) is 19.8. The molecule has 1 aliphatic rings. The van der Waals surface area contributed by atoms with Crippen LogP contribution in [-0.2, 0) is 14.9 Å². The molecule has 5 nitrogen and oxygen atoms in total. The Kier molecular flexibility index (Phi) is 5.58. The molecule has 1 aliphatic heterocycles. The van der Waals surface area contributed by atoms with Crippen molar-refractivity contribution in [1.29, 1.82) is 0 Å². The van der Waals surface area contributed by atoms with E-state index in [0.29, 0.717) is 20.6 Å². The van der Waals surface area contributed by atoms with Crippen LogP contribution in [0.3, 0.4) is 0 Å². The minimum atomic E-state index is -0.580. The summed E-state index contributed by atoms with van der Waals surface area (Å²) in [5.74, 6) is -0.473. The van der Waals surface area contributed by atoms with E-state index in [0.717, 1.165) is 10.4 Å². The van der Waals surface area contributed by atoms with E-state index in [1.54, 1.807) is 22.8 Å². The molecule has 1 unspecified atom stereocenters. The van der Waals surface area contributed by atoms with Gasteiger partial charge in [0.05, 0.1) is 29.0 Å². The third-order valence-electron chi connectivity index (χ3n) is 5.34. The summed E-state index contributed by atoms with van der Waals surface area (Å²) in [5.41, 5.74) is 2.84. The van der Waals surface area contributed by atoms with Crippen molar-refractivity contribution in [2.24, 2.45) is 4.99 Å². The lowest BCUT2D eigenvalue weighted by Crippen LogP contribution is -2.39. The summed E-state index contributed by atoms with van der Waals surface area (Å²) in [6, 6.07) is 11.4. The van der Waals surface area contributed by atoms with Crippen molar-refractivity contribution in [3.8, 4) is 0 Å². The summed E-state index contributed by atoms with van der Waals surface area (Å²) in [5, 5.41) is 1.97. The summed E-state index contributed by atoms with van der Waals surface area (Å²) in [4.78, 5) is 32.3. The highest BCUT2D eigenvalue weighted by molar-refractivity contribution is 7.11. The van der Waals surface area contributed by atoms with Gasteiger partial charge in [0, 0.05) is 4.88 Å². The van der Waals surface area contributed by atoms with Crippen LogP contribution in [-0.4, -0.2) is 17.6 Å². The third kappa shape index (κ3) is 3.95. The third-order valence-corrected chi connectivity index (χ3v) is 7.14. The second-order valence-corrected chi connectivity index (χ2v) is 10.4. The molecule has 0 saturated heterocycles. The van der Waals surface area contributed by atoms with Crippen molar-refractivity contribution >= 4 is 34.7 Å². The van der Waals surface area contributed by atoms with E-state index in [4.69, 9.17) is 4.74 Å². The van der Waals surface area contributed by atoms with E-state index in [2.05, 4.69) is 37.9 Å². The van der Waals surface area contributed by atoms with Crippen LogP contribution in [0.2, 0.25) is 0 Å². The van der Waals surface area contributed by atoms with Crippen molar-refractivity contribution in [2.45, 2.75) is 39.2 Å². The molecule has 3 heterocycles. The molecule has 1 atom stereocenters. The molecule has 0 bridgehead atoms. The Morgan fingerprint density at radius 1 is 1.19 bits per heavy atom. The first-order chi connectivity index (χ1) is 14.7. The SMILES string of the molecule is COC(=O)C1=C(C)N=c2s/c(=C\c3cccs3)c(=O)n2C1c1ccc(C(C)(C)C)cc1. The molecule has 0 spiro atoms. The van der Waals surface area contributed by atoms with Gasteiger partial charge >= 0.3 is 5.97 Å². The van der Waals surface area contributed by atoms with E-state index < -0.39 is 12.0 Å². The van der Waals surface area contributed by atoms with Crippen LogP contribution in [0.15, 0.2) is 62.8 Å². The van der Waals surface area contributed by atoms with Crippen LogP contribution in [0.4, 0.5) is 0 Å². The number of allylic oxidation sites excluding steroid dienone is 1.